The van der Waals surface area contributed by atoms with Gasteiger partial charge in [0.2, 0.25) is 0 Å². The predicted molar refractivity (Wildman–Crippen MR) is 73.4 cm³/mol. The molecule has 2 atom stereocenters. The molecule has 0 spiro atoms. The average Bonchev–Trinajstić information content (AvgIpc) is 2.55. The lowest BCUT2D eigenvalue weighted by molar-refractivity contribution is 0.149. The minimum absolute atomic E-state index is 0.169. The van der Waals surface area contributed by atoms with Gasteiger partial charge in [0.05, 0.1) is 16.4 Å². The van der Waals surface area contributed by atoms with Gasteiger partial charge in [0.1, 0.15) is 0 Å². The van der Waals surface area contributed by atoms with Crippen LogP contribution in [-0.2, 0) is 18.2 Å². The minimum atomic E-state index is 0.169. The van der Waals surface area contributed by atoms with E-state index in [-0.39, 0.29) is 6.04 Å². The number of hydrogen-bond acceptors (Lipinski definition) is 4. The van der Waals surface area contributed by atoms with E-state index in [9.17, 15) is 0 Å². The fourth-order valence-electron chi connectivity index (χ4n) is 2.18. The summed E-state index contributed by atoms with van der Waals surface area (Å²) < 4.78 is 6.96. The lowest BCUT2D eigenvalue weighted by atomic mass is 9.99. The van der Waals surface area contributed by atoms with Crippen molar-refractivity contribution in [1.29, 1.82) is 0 Å². The molecule has 18 heavy (non-hydrogen) atoms. The topological polar surface area (TPSA) is 65.1 Å². The minimum Gasteiger partial charge on any atom is -0.384 e. The van der Waals surface area contributed by atoms with Crippen LogP contribution in [0.3, 0.4) is 0 Å². The van der Waals surface area contributed by atoms with Gasteiger partial charge in [-0.05, 0) is 19.3 Å². The van der Waals surface area contributed by atoms with Crippen LogP contribution in [0.15, 0.2) is 0 Å². The van der Waals surface area contributed by atoms with E-state index in [4.69, 9.17) is 22.2 Å². The molecule has 104 valence electrons. The molecule has 1 heterocycles. The highest BCUT2D eigenvalue weighted by Crippen LogP contribution is 2.22. The van der Waals surface area contributed by atoms with Crippen LogP contribution in [0.1, 0.15) is 24.7 Å². The molecule has 1 aromatic rings. The molecule has 6 heteroatoms. The molecule has 0 aliphatic carbocycles. The summed E-state index contributed by atoms with van der Waals surface area (Å²) in [5, 5.41) is 5.04. The summed E-state index contributed by atoms with van der Waals surface area (Å²) >= 11 is 6.24. The molecule has 3 N–H and O–H groups in total. The van der Waals surface area contributed by atoms with E-state index in [0.29, 0.717) is 5.92 Å². The normalized spacial score (nSPS) is 14.8. The van der Waals surface area contributed by atoms with E-state index >= 15 is 0 Å². The van der Waals surface area contributed by atoms with Crippen LogP contribution < -0.4 is 11.3 Å². The number of rotatable bonds is 7. The van der Waals surface area contributed by atoms with Crippen LogP contribution in [0.25, 0.3) is 0 Å². The largest absolute Gasteiger partial charge is 0.384 e. The molecular formula is C12H23ClN4O. The molecule has 0 aliphatic rings. The first kappa shape index (κ1) is 15.4. The Bertz CT molecular complexity index is 380. The first-order valence-corrected chi connectivity index (χ1v) is 6.50. The number of aryl methyl sites for hydroxylation is 2. The van der Waals surface area contributed by atoms with Gasteiger partial charge in [0, 0.05) is 33.2 Å². The zero-order valence-electron chi connectivity index (χ0n) is 11.5. The Morgan fingerprint density at radius 1 is 1.56 bits per heavy atom. The Hall–Kier alpha value is -0.620. The van der Waals surface area contributed by atoms with Crippen molar-refractivity contribution in [1.82, 2.24) is 15.2 Å². The number of nitrogens with zero attached hydrogens (tertiary/aromatic N) is 2. The van der Waals surface area contributed by atoms with Crippen molar-refractivity contribution < 1.29 is 4.74 Å². The smallest absolute Gasteiger partial charge is 0.0847 e. The van der Waals surface area contributed by atoms with Crippen molar-refractivity contribution in [3.63, 3.8) is 0 Å². The van der Waals surface area contributed by atoms with Gasteiger partial charge in [0.15, 0.2) is 0 Å². The van der Waals surface area contributed by atoms with Gasteiger partial charge in [-0.2, -0.15) is 5.10 Å². The number of halogens is 1. The maximum atomic E-state index is 6.24. The van der Waals surface area contributed by atoms with Crippen LogP contribution in [-0.4, -0.2) is 29.5 Å². The first-order valence-electron chi connectivity index (χ1n) is 6.12. The SMILES string of the molecule is COCC(C)CC(Cc1c(Cl)c(C)nn1C)NN. The highest BCUT2D eigenvalue weighted by Gasteiger charge is 2.18. The monoisotopic (exact) mass is 274 g/mol. The molecule has 0 saturated carbocycles. The summed E-state index contributed by atoms with van der Waals surface area (Å²) in [4.78, 5) is 0. The summed E-state index contributed by atoms with van der Waals surface area (Å²) in [5.41, 5.74) is 4.72. The number of ether oxygens (including phenoxy) is 1. The quantitative estimate of drug-likeness (QED) is 0.583. The zero-order chi connectivity index (χ0) is 13.7. The highest BCUT2D eigenvalue weighted by atomic mass is 35.5. The van der Waals surface area contributed by atoms with Crippen molar-refractivity contribution in [2.75, 3.05) is 13.7 Å². The maximum absolute atomic E-state index is 6.24. The lowest BCUT2D eigenvalue weighted by Crippen LogP contribution is -2.39. The summed E-state index contributed by atoms with van der Waals surface area (Å²) in [7, 11) is 3.61. The second kappa shape index (κ2) is 7.09. The van der Waals surface area contributed by atoms with E-state index in [0.717, 1.165) is 35.9 Å². The molecule has 0 bridgehead atoms. The van der Waals surface area contributed by atoms with Gasteiger partial charge in [-0.15, -0.1) is 0 Å². The Kier molecular flexibility index (Phi) is 6.08. The number of aromatic nitrogens is 2. The third-order valence-corrected chi connectivity index (χ3v) is 3.57. The maximum Gasteiger partial charge on any atom is 0.0847 e. The van der Waals surface area contributed by atoms with Crippen molar-refractivity contribution in [3.05, 3.63) is 16.4 Å². The summed E-state index contributed by atoms with van der Waals surface area (Å²) in [5.74, 6) is 6.06. The third kappa shape index (κ3) is 3.95. The third-order valence-electron chi connectivity index (χ3n) is 3.08. The van der Waals surface area contributed by atoms with Crippen molar-refractivity contribution in [2.24, 2.45) is 18.8 Å². The van der Waals surface area contributed by atoms with Crippen molar-refractivity contribution >= 4 is 11.6 Å². The zero-order valence-corrected chi connectivity index (χ0v) is 12.3. The number of hydrazine groups is 1. The number of nitrogens with two attached hydrogens (primary N) is 1. The van der Waals surface area contributed by atoms with E-state index in [1.54, 1.807) is 7.11 Å². The van der Waals surface area contributed by atoms with E-state index in [2.05, 4.69) is 17.4 Å². The summed E-state index contributed by atoms with van der Waals surface area (Å²) in [6, 6.07) is 0.169. The van der Waals surface area contributed by atoms with Crippen LogP contribution in [0.5, 0.6) is 0 Å². The Balaban J connectivity index is 2.68. The Labute approximate surface area is 114 Å². The fraction of sp³-hybridized carbons (Fsp3) is 0.750. The van der Waals surface area contributed by atoms with Gasteiger partial charge < -0.3 is 4.74 Å². The highest BCUT2D eigenvalue weighted by molar-refractivity contribution is 6.31. The lowest BCUT2D eigenvalue weighted by Gasteiger charge is -2.20. The molecule has 0 aliphatic heterocycles. The molecule has 0 saturated heterocycles. The standard InChI is InChI=1S/C12H23ClN4O/c1-8(7-18-4)5-10(15-14)6-11-12(13)9(2)16-17(11)3/h8,10,15H,5-7,14H2,1-4H3. The van der Waals surface area contributed by atoms with Gasteiger partial charge in [0.25, 0.3) is 0 Å². The molecular weight excluding hydrogens is 252 g/mol. The van der Waals surface area contributed by atoms with Crippen LogP contribution in [0.4, 0.5) is 0 Å². The van der Waals surface area contributed by atoms with Gasteiger partial charge >= 0.3 is 0 Å². The van der Waals surface area contributed by atoms with Crippen molar-refractivity contribution in [3.8, 4) is 0 Å². The number of nitrogens with one attached hydrogen (secondary N) is 1. The molecule has 0 radical (unpaired) electrons. The Morgan fingerprint density at radius 2 is 2.22 bits per heavy atom. The van der Waals surface area contributed by atoms with E-state index in [1.165, 1.54) is 0 Å². The first-order chi connectivity index (χ1) is 8.49. The summed E-state index contributed by atoms with van der Waals surface area (Å²) in [6.45, 7) is 4.78. The number of methoxy groups -OCH3 is 1. The van der Waals surface area contributed by atoms with Gasteiger partial charge in [-0.3, -0.25) is 16.0 Å². The van der Waals surface area contributed by atoms with Gasteiger partial charge in [-0.1, -0.05) is 18.5 Å². The average molecular weight is 275 g/mol. The molecule has 0 aromatic carbocycles. The molecule has 1 rings (SSSR count). The van der Waals surface area contributed by atoms with E-state index in [1.807, 2.05) is 18.7 Å². The second-order valence-electron chi connectivity index (χ2n) is 4.83. The van der Waals surface area contributed by atoms with Crippen molar-refractivity contribution in [2.45, 2.75) is 32.7 Å². The number of hydrogen-bond donors (Lipinski definition) is 2. The molecule has 2 unspecified atom stereocenters. The van der Waals surface area contributed by atoms with Gasteiger partial charge in [-0.25, -0.2) is 0 Å². The van der Waals surface area contributed by atoms with Crippen LogP contribution >= 0.6 is 11.6 Å². The molecule has 1 aromatic heterocycles. The summed E-state index contributed by atoms with van der Waals surface area (Å²) in [6.07, 6.45) is 1.70. The van der Waals surface area contributed by atoms with Crippen LogP contribution in [0.2, 0.25) is 5.02 Å². The second-order valence-corrected chi connectivity index (χ2v) is 5.21. The molecule has 0 amide bonds. The predicted octanol–water partition coefficient (Wildman–Crippen LogP) is 1.43. The fourth-order valence-corrected chi connectivity index (χ4v) is 2.42. The Morgan fingerprint density at radius 3 is 2.67 bits per heavy atom. The van der Waals surface area contributed by atoms with E-state index < -0.39 is 0 Å². The molecule has 0 fully saturated rings. The molecule has 5 nitrogen and oxygen atoms in total. The van der Waals surface area contributed by atoms with Crippen LogP contribution in [0, 0.1) is 12.8 Å².